The summed E-state index contributed by atoms with van der Waals surface area (Å²) in [5.41, 5.74) is 0.474. The maximum atomic E-state index is 3.55. The molecule has 0 amide bonds. The van der Waals surface area contributed by atoms with E-state index >= 15 is 0 Å². The Labute approximate surface area is 99.8 Å². The second-order valence-corrected chi connectivity index (χ2v) is 7.18. The zero-order valence-corrected chi connectivity index (χ0v) is 11.8. The van der Waals surface area contributed by atoms with Crippen molar-refractivity contribution in [1.82, 2.24) is 5.32 Å². The molecule has 15 heavy (non-hydrogen) atoms. The van der Waals surface area contributed by atoms with E-state index in [2.05, 4.69) is 51.8 Å². The second-order valence-electron chi connectivity index (χ2n) is 5.91. The van der Waals surface area contributed by atoms with E-state index in [1.807, 2.05) is 0 Å². The highest BCUT2D eigenvalue weighted by molar-refractivity contribution is 7.99. The summed E-state index contributed by atoms with van der Waals surface area (Å²) in [7, 11) is 2.13. The van der Waals surface area contributed by atoms with Gasteiger partial charge in [-0.25, -0.2) is 0 Å². The molecule has 0 saturated heterocycles. The highest BCUT2D eigenvalue weighted by Crippen LogP contribution is 2.40. The summed E-state index contributed by atoms with van der Waals surface area (Å²) in [6.45, 7) is 9.46. The van der Waals surface area contributed by atoms with E-state index in [1.165, 1.54) is 25.0 Å². The summed E-state index contributed by atoms with van der Waals surface area (Å²) < 4.78 is 0. The van der Waals surface area contributed by atoms with Crippen LogP contribution in [0.1, 0.15) is 47.0 Å². The molecule has 0 bridgehead atoms. The van der Waals surface area contributed by atoms with E-state index in [1.54, 1.807) is 0 Å². The Morgan fingerprint density at radius 1 is 1.40 bits per heavy atom. The zero-order valence-electron chi connectivity index (χ0n) is 11.0. The number of rotatable bonds is 4. The molecule has 0 spiro atoms. The molecule has 1 aliphatic rings. The van der Waals surface area contributed by atoms with Crippen LogP contribution in [0.15, 0.2) is 0 Å². The van der Waals surface area contributed by atoms with Gasteiger partial charge >= 0.3 is 0 Å². The summed E-state index contributed by atoms with van der Waals surface area (Å²) in [5, 5.41) is 4.37. The number of thioether (sulfide) groups is 1. The molecule has 1 rings (SSSR count). The van der Waals surface area contributed by atoms with Crippen LogP contribution in [0.5, 0.6) is 0 Å². The first kappa shape index (κ1) is 13.4. The van der Waals surface area contributed by atoms with E-state index in [9.17, 15) is 0 Å². The van der Waals surface area contributed by atoms with Gasteiger partial charge in [-0.15, -0.1) is 0 Å². The van der Waals surface area contributed by atoms with Gasteiger partial charge in [0.05, 0.1) is 0 Å². The van der Waals surface area contributed by atoms with Gasteiger partial charge in [0.1, 0.15) is 0 Å². The van der Waals surface area contributed by atoms with Gasteiger partial charge in [-0.3, -0.25) is 0 Å². The van der Waals surface area contributed by atoms with Gasteiger partial charge < -0.3 is 5.32 Å². The minimum Gasteiger partial charge on any atom is -0.315 e. The van der Waals surface area contributed by atoms with Gasteiger partial charge in [-0.2, -0.15) is 11.8 Å². The summed E-state index contributed by atoms with van der Waals surface area (Å²) in [5.74, 6) is 2.12. The van der Waals surface area contributed by atoms with Gasteiger partial charge in [0.25, 0.3) is 0 Å². The normalized spacial score (nSPS) is 30.8. The molecule has 0 aromatic heterocycles. The summed E-state index contributed by atoms with van der Waals surface area (Å²) in [4.78, 5) is 0. The van der Waals surface area contributed by atoms with E-state index in [-0.39, 0.29) is 0 Å². The average molecular weight is 229 g/mol. The number of nitrogens with one attached hydrogen (secondary N) is 1. The topological polar surface area (TPSA) is 12.0 Å². The van der Waals surface area contributed by atoms with Crippen LogP contribution in [0.2, 0.25) is 0 Å². The van der Waals surface area contributed by atoms with Crippen molar-refractivity contribution in [3.8, 4) is 0 Å². The average Bonchev–Trinajstić information content (AvgIpc) is 2.13. The molecule has 2 atom stereocenters. The molecule has 2 heteroatoms. The maximum absolute atomic E-state index is 3.55. The molecule has 2 unspecified atom stereocenters. The lowest BCUT2D eigenvalue weighted by atomic mass is 9.73. The quantitative estimate of drug-likeness (QED) is 0.791. The number of hydrogen-bond acceptors (Lipinski definition) is 2. The van der Waals surface area contributed by atoms with Crippen molar-refractivity contribution < 1.29 is 0 Å². The smallest absolute Gasteiger partial charge is 0.0234 e. The molecular formula is C13H27NS. The lowest BCUT2D eigenvalue weighted by Gasteiger charge is -2.44. The van der Waals surface area contributed by atoms with Crippen LogP contribution < -0.4 is 5.32 Å². The molecule has 0 radical (unpaired) electrons. The van der Waals surface area contributed by atoms with E-state index in [0.29, 0.717) is 11.5 Å². The third kappa shape index (κ3) is 3.67. The molecule has 1 fully saturated rings. The van der Waals surface area contributed by atoms with E-state index in [0.717, 1.165) is 11.2 Å². The van der Waals surface area contributed by atoms with Crippen LogP contribution >= 0.6 is 11.8 Å². The molecule has 90 valence electrons. The van der Waals surface area contributed by atoms with Gasteiger partial charge in [0.2, 0.25) is 0 Å². The van der Waals surface area contributed by atoms with Crippen molar-refractivity contribution in [3.05, 3.63) is 0 Å². The van der Waals surface area contributed by atoms with Crippen LogP contribution in [0, 0.1) is 11.3 Å². The fourth-order valence-electron chi connectivity index (χ4n) is 2.66. The van der Waals surface area contributed by atoms with Crippen LogP contribution in [0.25, 0.3) is 0 Å². The molecular weight excluding hydrogens is 202 g/mol. The van der Waals surface area contributed by atoms with Crippen LogP contribution in [-0.2, 0) is 0 Å². The molecule has 0 aromatic carbocycles. The Morgan fingerprint density at radius 2 is 2.07 bits per heavy atom. The Kier molecular flexibility index (Phi) is 4.98. The lowest BCUT2D eigenvalue weighted by molar-refractivity contribution is 0.182. The van der Waals surface area contributed by atoms with Crippen molar-refractivity contribution in [1.29, 1.82) is 0 Å². The Hall–Kier alpha value is 0.310. The predicted molar refractivity (Wildman–Crippen MR) is 71.6 cm³/mol. The first-order chi connectivity index (χ1) is 6.97. The second kappa shape index (κ2) is 5.58. The summed E-state index contributed by atoms with van der Waals surface area (Å²) >= 11 is 2.18. The SMILES string of the molecule is CNC1C(SCC(C)C)CCCC1(C)C. The van der Waals surface area contributed by atoms with E-state index in [4.69, 9.17) is 0 Å². The Bertz CT molecular complexity index is 189. The molecule has 1 aliphatic carbocycles. The van der Waals surface area contributed by atoms with E-state index < -0.39 is 0 Å². The maximum Gasteiger partial charge on any atom is 0.0234 e. The fraction of sp³-hybridized carbons (Fsp3) is 1.00. The van der Waals surface area contributed by atoms with Gasteiger partial charge in [-0.05, 0) is 37.0 Å². The molecule has 1 nitrogen and oxygen atoms in total. The van der Waals surface area contributed by atoms with Gasteiger partial charge in [-0.1, -0.05) is 34.1 Å². The zero-order chi connectivity index (χ0) is 11.5. The van der Waals surface area contributed by atoms with Gasteiger partial charge in [0, 0.05) is 11.3 Å². The van der Waals surface area contributed by atoms with Crippen molar-refractivity contribution >= 4 is 11.8 Å². The first-order valence-corrected chi connectivity index (χ1v) is 7.31. The Morgan fingerprint density at radius 3 is 2.60 bits per heavy atom. The summed E-state index contributed by atoms with van der Waals surface area (Å²) in [6.07, 6.45) is 4.17. The van der Waals surface area contributed by atoms with Crippen molar-refractivity contribution in [2.45, 2.75) is 58.2 Å². The third-order valence-corrected chi connectivity index (χ3v) is 5.27. The van der Waals surface area contributed by atoms with Crippen molar-refractivity contribution in [3.63, 3.8) is 0 Å². The lowest BCUT2D eigenvalue weighted by Crippen LogP contribution is -2.50. The highest BCUT2D eigenvalue weighted by Gasteiger charge is 2.37. The van der Waals surface area contributed by atoms with Crippen LogP contribution in [0.4, 0.5) is 0 Å². The predicted octanol–water partition coefficient (Wildman–Crippen LogP) is 3.54. The molecule has 0 heterocycles. The van der Waals surface area contributed by atoms with Crippen LogP contribution in [0.3, 0.4) is 0 Å². The standard InChI is InChI=1S/C13H27NS/c1-10(2)9-15-11-7-6-8-13(3,4)12(11)14-5/h10-12,14H,6-9H2,1-5H3. The largest absolute Gasteiger partial charge is 0.315 e. The van der Waals surface area contributed by atoms with Crippen molar-refractivity contribution in [2.24, 2.45) is 11.3 Å². The molecule has 0 aliphatic heterocycles. The molecule has 0 aromatic rings. The molecule has 1 N–H and O–H groups in total. The third-order valence-electron chi connectivity index (χ3n) is 3.48. The van der Waals surface area contributed by atoms with Crippen molar-refractivity contribution in [2.75, 3.05) is 12.8 Å². The number of hydrogen-bond donors (Lipinski definition) is 1. The fourth-order valence-corrected chi connectivity index (χ4v) is 4.32. The Balaban J connectivity index is 2.54. The first-order valence-electron chi connectivity index (χ1n) is 6.26. The molecule has 1 saturated carbocycles. The highest BCUT2D eigenvalue weighted by atomic mass is 32.2. The monoisotopic (exact) mass is 229 g/mol. The summed E-state index contributed by atoms with van der Waals surface area (Å²) in [6, 6.07) is 0.690. The van der Waals surface area contributed by atoms with Crippen LogP contribution in [-0.4, -0.2) is 24.1 Å². The van der Waals surface area contributed by atoms with Gasteiger partial charge in [0.15, 0.2) is 0 Å². The minimum absolute atomic E-state index is 0.474. The minimum atomic E-state index is 0.474.